The van der Waals surface area contributed by atoms with Gasteiger partial charge in [0.05, 0.1) is 12.1 Å². The Morgan fingerprint density at radius 3 is 2.37 bits per heavy atom. The zero-order valence-corrected chi connectivity index (χ0v) is 10.5. The second-order valence-electron chi connectivity index (χ2n) is 4.57. The maximum atomic E-state index is 11.9. The molecule has 1 aliphatic heterocycles. The van der Waals surface area contributed by atoms with Crippen LogP contribution in [-0.2, 0) is 20.8 Å². The number of nitrogens with zero attached hydrogens (tertiary/aromatic N) is 1. The number of hydrogen-bond donors (Lipinski definition) is 1. The lowest BCUT2D eigenvalue weighted by Crippen LogP contribution is -2.35. The molecule has 19 heavy (non-hydrogen) atoms. The summed E-state index contributed by atoms with van der Waals surface area (Å²) in [4.78, 5) is 35.8. The number of carbonyl (C=O) groups excluding carboxylic acids is 2. The van der Waals surface area contributed by atoms with Crippen molar-refractivity contribution in [2.45, 2.75) is 32.1 Å². The van der Waals surface area contributed by atoms with E-state index in [0.29, 0.717) is 24.1 Å². The van der Waals surface area contributed by atoms with E-state index >= 15 is 0 Å². The summed E-state index contributed by atoms with van der Waals surface area (Å²) in [5.41, 5.74) is 1.05. The summed E-state index contributed by atoms with van der Waals surface area (Å²) in [6.07, 6.45) is 2.03. The van der Waals surface area contributed by atoms with E-state index in [-0.39, 0.29) is 18.2 Å². The summed E-state index contributed by atoms with van der Waals surface area (Å²) < 4.78 is 0. The average molecular weight is 261 g/mol. The molecule has 5 nitrogen and oxygen atoms in total. The van der Waals surface area contributed by atoms with Crippen molar-refractivity contribution < 1.29 is 19.5 Å². The Morgan fingerprint density at radius 1 is 1.16 bits per heavy atom. The van der Waals surface area contributed by atoms with Crippen molar-refractivity contribution in [3.05, 3.63) is 29.8 Å². The molecular weight excluding hydrogens is 246 g/mol. The van der Waals surface area contributed by atoms with Crippen molar-refractivity contribution in [2.75, 3.05) is 4.90 Å². The molecule has 0 atom stereocenters. The molecule has 0 aromatic heterocycles. The van der Waals surface area contributed by atoms with E-state index in [9.17, 15) is 14.4 Å². The molecule has 1 aromatic rings. The highest BCUT2D eigenvalue weighted by Crippen LogP contribution is 2.22. The van der Waals surface area contributed by atoms with Crippen molar-refractivity contribution >= 4 is 23.5 Å². The molecule has 1 fully saturated rings. The van der Waals surface area contributed by atoms with Crippen LogP contribution < -0.4 is 4.90 Å². The highest BCUT2D eigenvalue weighted by Gasteiger charge is 2.25. The maximum Gasteiger partial charge on any atom is 0.307 e. The largest absolute Gasteiger partial charge is 0.481 e. The molecule has 1 heterocycles. The zero-order chi connectivity index (χ0) is 13.8. The first kappa shape index (κ1) is 13.3. The number of carbonyl (C=O) groups is 3. The van der Waals surface area contributed by atoms with E-state index in [4.69, 9.17) is 5.11 Å². The monoisotopic (exact) mass is 261 g/mol. The van der Waals surface area contributed by atoms with E-state index in [1.807, 2.05) is 0 Å². The van der Waals surface area contributed by atoms with Crippen molar-refractivity contribution in [1.29, 1.82) is 0 Å². The fourth-order valence-electron chi connectivity index (χ4n) is 2.18. The Hall–Kier alpha value is -2.17. The van der Waals surface area contributed by atoms with E-state index in [0.717, 1.165) is 12.8 Å². The smallest absolute Gasteiger partial charge is 0.307 e. The van der Waals surface area contributed by atoms with Crippen LogP contribution in [0.5, 0.6) is 0 Å². The summed E-state index contributed by atoms with van der Waals surface area (Å²) in [5.74, 6) is -1.37. The highest BCUT2D eigenvalue weighted by molar-refractivity contribution is 6.15. The molecule has 0 spiro atoms. The molecule has 100 valence electrons. The third-order valence-electron chi connectivity index (χ3n) is 3.05. The number of amides is 2. The van der Waals surface area contributed by atoms with Crippen LogP contribution in [0.25, 0.3) is 0 Å². The Morgan fingerprint density at radius 2 is 1.79 bits per heavy atom. The van der Waals surface area contributed by atoms with Crippen molar-refractivity contribution in [1.82, 2.24) is 0 Å². The first-order chi connectivity index (χ1) is 9.08. The fraction of sp³-hybridized carbons (Fsp3) is 0.357. The highest BCUT2D eigenvalue weighted by atomic mass is 16.4. The first-order valence-electron chi connectivity index (χ1n) is 6.24. The molecule has 0 aliphatic carbocycles. The number of carboxylic acid groups (broad SMARTS) is 1. The van der Waals surface area contributed by atoms with Gasteiger partial charge in [0, 0.05) is 12.8 Å². The summed E-state index contributed by atoms with van der Waals surface area (Å²) >= 11 is 0. The lowest BCUT2D eigenvalue weighted by Gasteiger charge is -2.19. The van der Waals surface area contributed by atoms with Gasteiger partial charge in [0.25, 0.3) is 0 Å². The number of carboxylic acids is 1. The molecular formula is C14H15NO4. The van der Waals surface area contributed by atoms with Crippen LogP contribution >= 0.6 is 0 Å². The van der Waals surface area contributed by atoms with Crippen LogP contribution in [-0.4, -0.2) is 22.9 Å². The van der Waals surface area contributed by atoms with Gasteiger partial charge in [0.15, 0.2) is 0 Å². The van der Waals surface area contributed by atoms with Crippen LogP contribution in [0.1, 0.15) is 31.2 Å². The third-order valence-corrected chi connectivity index (χ3v) is 3.05. The van der Waals surface area contributed by atoms with Crippen LogP contribution in [0.2, 0.25) is 0 Å². The minimum absolute atomic E-state index is 0.121. The van der Waals surface area contributed by atoms with Gasteiger partial charge in [0.1, 0.15) is 0 Å². The Balaban J connectivity index is 2.30. The zero-order valence-electron chi connectivity index (χ0n) is 10.5. The lowest BCUT2D eigenvalue weighted by molar-refractivity contribution is -0.136. The van der Waals surface area contributed by atoms with E-state index in [1.54, 1.807) is 24.3 Å². The van der Waals surface area contributed by atoms with Crippen LogP contribution in [0.15, 0.2) is 24.3 Å². The first-order valence-corrected chi connectivity index (χ1v) is 6.24. The van der Waals surface area contributed by atoms with Crippen LogP contribution in [0.4, 0.5) is 5.69 Å². The summed E-state index contributed by atoms with van der Waals surface area (Å²) in [7, 11) is 0. The molecule has 1 N–H and O–H groups in total. The van der Waals surface area contributed by atoms with Gasteiger partial charge < -0.3 is 5.11 Å². The molecule has 2 rings (SSSR count). The van der Waals surface area contributed by atoms with Gasteiger partial charge >= 0.3 is 5.97 Å². The van der Waals surface area contributed by atoms with Gasteiger partial charge in [-0.3, -0.25) is 19.3 Å². The SMILES string of the molecule is O=C(O)Cc1cccc(N2C(=O)CCCCC2=O)c1. The number of rotatable bonds is 3. The number of anilines is 1. The minimum Gasteiger partial charge on any atom is -0.481 e. The van der Waals surface area contributed by atoms with Gasteiger partial charge in [-0.1, -0.05) is 12.1 Å². The van der Waals surface area contributed by atoms with Gasteiger partial charge in [-0.2, -0.15) is 0 Å². The predicted molar refractivity (Wildman–Crippen MR) is 68.7 cm³/mol. The average Bonchev–Trinajstić information content (AvgIpc) is 2.50. The molecule has 0 saturated carbocycles. The standard InChI is InChI=1S/C14H15NO4/c16-12-6-1-2-7-13(17)15(12)11-5-3-4-10(8-11)9-14(18)19/h3-5,8H,1-2,6-7,9H2,(H,18,19). The van der Waals surface area contributed by atoms with Crippen LogP contribution in [0.3, 0.4) is 0 Å². The van der Waals surface area contributed by atoms with Gasteiger partial charge in [0.2, 0.25) is 11.8 Å². The fourth-order valence-corrected chi connectivity index (χ4v) is 2.18. The second kappa shape index (κ2) is 5.65. The Labute approximate surface area is 110 Å². The van der Waals surface area contributed by atoms with Crippen molar-refractivity contribution in [2.24, 2.45) is 0 Å². The van der Waals surface area contributed by atoms with E-state index in [2.05, 4.69) is 0 Å². The summed E-state index contributed by atoms with van der Waals surface area (Å²) in [5, 5.41) is 8.77. The van der Waals surface area contributed by atoms with Crippen molar-refractivity contribution in [3.63, 3.8) is 0 Å². The summed E-state index contributed by atoms with van der Waals surface area (Å²) in [6.45, 7) is 0. The van der Waals surface area contributed by atoms with Gasteiger partial charge in [-0.15, -0.1) is 0 Å². The van der Waals surface area contributed by atoms with Gasteiger partial charge in [-0.05, 0) is 30.5 Å². The number of benzene rings is 1. The van der Waals surface area contributed by atoms with E-state index < -0.39 is 5.97 Å². The molecule has 0 unspecified atom stereocenters. The van der Waals surface area contributed by atoms with Crippen LogP contribution in [0, 0.1) is 0 Å². The molecule has 1 aromatic carbocycles. The maximum absolute atomic E-state index is 11.9. The minimum atomic E-state index is -0.939. The number of hydrogen-bond acceptors (Lipinski definition) is 3. The molecule has 5 heteroatoms. The molecule has 1 aliphatic rings. The predicted octanol–water partition coefficient (Wildman–Crippen LogP) is 1.75. The number of imide groups is 1. The molecule has 1 saturated heterocycles. The van der Waals surface area contributed by atoms with Gasteiger partial charge in [-0.25, -0.2) is 0 Å². The lowest BCUT2D eigenvalue weighted by atomic mass is 10.1. The number of aliphatic carboxylic acids is 1. The Kier molecular flexibility index (Phi) is 3.94. The third kappa shape index (κ3) is 3.19. The molecule has 0 radical (unpaired) electrons. The Bertz CT molecular complexity index is 506. The summed E-state index contributed by atoms with van der Waals surface area (Å²) in [6, 6.07) is 6.59. The quantitative estimate of drug-likeness (QED) is 0.841. The second-order valence-corrected chi connectivity index (χ2v) is 4.57. The van der Waals surface area contributed by atoms with Crippen molar-refractivity contribution in [3.8, 4) is 0 Å². The molecule has 2 amide bonds. The van der Waals surface area contributed by atoms with E-state index in [1.165, 1.54) is 4.90 Å². The topological polar surface area (TPSA) is 74.7 Å². The normalized spacial score (nSPS) is 16.3. The molecule has 0 bridgehead atoms.